The highest BCUT2D eigenvalue weighted by Gasteiger charge is 2.25. The first kappa shape index (κ1) is 55.0. The van der Waals surface area contributed by atoms with Crippen molar-refractivity contribution in [3.63, 3.8) is 0 Å². The standard InChI is InChI=1S/C51H81NO7/c1-6-8-10-12-14-16-18-20-22-24-25-26-28-30-32-34-36-38-40-42-50(54)59-47(45-57-44-43-48(51(55)56)52(3,4)5)46-58-49(53)41-39-37-35-33-31-29-27-23-21-19-17-15-13-11-9-7-2/h8-11,14-17,20-23,25-26,30,32,36,38,47-48H,6-7,12-13,18-19,24,27-29,31,33-35,37,39-46H2,1-5H3/b10-8+,11-9+,16-14+,17-15+,22-20+,23-21+,26-25+,32-30+,38-36+. The van der Waals surface area contributed by atoms with Crippen molar-refractivity contribution in [3.8, 4) is 0 Å². The minimum Gasteiger partial charge on any atom is -0.544 e. The summed E-state index contributed by atoms with van der Waals surface area (Å²) in [6.07, 6.45) is 55.6. The number of carbonyl (C=O) groups excluding carboxylic acids is 3. The van der Waals surface area contributed by atoms with E-state index in [0.29, 0.717) is 12.8 Å². The van der Waals surface area contributed by atoms with Gasteiger partial charge in [0.25, 0.3) is 0 Å². The predicted octanol–water partition coefficient (Wildman–Crippen LogP) is 11.1. The van der Waals surface area contributed by atoms with Crippen LogP contribution < -0.4 is 5.11 Å². The highest BCUT2D eigenvalue weighted by molar-refractivity contribution is 5.70. The summed E-state index contributed by atoms with van der Waals surface area (Å²) in [6, 6.07) is -0.748. The van der Waals surface area contributed by atoms with Crippen LogP contribution in [0.1, 0.15) is 142 Å². The summed E-state index contributed by atoms with van der Waals surface area (Å²) in [4.78, 5) is 36.9. The van der Waals surface area contributed by atoms with Gasteiger partial charge in [-0.1, -0.05) is 149 Å². The molecule has 0 aromatic carbocycles. The maximum atomic E-state index is 12.7. The number of likely N-dealkylation sites (N-methyl/N-ethyl adjacent to an activating group) is 1. The monoisotopic (exact) mass is 820 g/mol. The predicted molar refractivity (Wildman–Crippen MR) is 244 cm³/mol. The summed E-state index contributed by atoms with van der Waals surface area (Å²) >= 11 is 0. The van der Waals surface area contributed by atoms with E-state index in [2.05, 4.69) is 111 Å². The zero-order valence-electron chi connectivity index (χ0n) is 37.6. The molecule has 0 radical (unpaired) electrons. The zero-order chi connectivity index (χ0) is 43.5. The fourth-order valence-corrected chi connectivity index (χ4v) is 5.76. The number of aliphatic carboxylic acids is 1. The molecule has 0 fully saturated rings. The summed E-state index contributed by atoms with van der Waals surface area (Å²) < 4.78 is 17.1. The normalized spacial score (nSPS) is 14.0. The Balaban J connectivity index is 4.51. The molecular weight excluding hydrogens is 739 g/mol. The number of carboxylic acids is 1. The molecule has 0 saturated carbocycles. The molecule has 0 amide bonds. The third-order valence-corrected chi connectivity index (χ3v) is 9.17. The minimum absolute atomic E-state index is 0.00161. The van der Waals surface area contributed by atoms with Crippen molar-refractivity contribution < 1.29 is 38.2 Å². The number of nitrogens with zero attached hydrogens (tertiary/aromatic N) is 1. The van der Waals surface area contributed by atoms with E-state index < -0.39 is 24.1 Å². The molecule has 0 aliphatic rings. The number of esters is 2. The van der Waals surface area contributed by atoms with Crippen LogP contribution in [0.2, 0.25) is 0 Å². The van der Waals surface area contributed by atoms with Crippen molar-refractivity contribution in [2.45, 2.75) is 154 Å². The Labute approximate surface area is 359 Å². The molecule has 0 N–H and O–H groups in total. The Kier molecular flexibility index (Phi) is 38.0. The van der Waals surface area contributed by atoms with E-state index in [1.54, 1.807) is 21.1 Å². The Morgan fingerprint density at radius 1 is 0.508 bits per heavy atom. The van der Waals surface area contributed by atoms with Crippen LogP contribution in [-0.2, 0) is 28.6 Å². The van der Waals surface area contributed by atoms with Crippen molar-refractivity contribution in [1.82, 2.24) is 0 Å². The molecule has 0 heterocycles. The number of hydrogen-bond acceptors (Lipinski definition) is 7. The van der Waals surface area contributed by atoms with Crippen molar-refractivity contribution in [1.29, 1.82) is 0 Å². The van der Waals surface area contributed by atoms with Gasteiger partial charge in [0.2, 0.25) is 0 Å². The van der Waals surface area contributed by atoms with E-state index in [1.807, 2.05) is 12.2 Å². The second-order valence-corrected chi connectivity index (χ2v) is 15.5. The van der Waals surface area contributed by atoms with E-state index in [-0.39, 0.29) is 43.1 Å². The Hall–Kier alpha value is -4.01. The van der Waals surface area contributed by atoms with Gasteiger partial charge >= 0.3 is 11.9 Å². The summed E-state index contributed by atoms with van der Waals surface area (Å²) in [5, 5.41) is 11.6. The van der Waals surface area contributed by atoms with Crippen LogP contribution in [0.3, 0.4) is 0 Å². The topological polar surface area (TPSA) is 102 Å². The quantitative estimate of drug-likeness (QED) is 0.0264. The van der Waals surface area contributed by atoms with E-state index in [0.717, 1.165) is 89.9 Å². The lowest BCUT2D eigenvalue weighted by atomic mass is 10.1. The number of unbranched alkanes of at least 4 members (excludes halogenated alkanes) is 6. The van der Waals surface area contributed by atoms with Gasteiger partial charge in [-0.15, -0.1) is 0 Å². The maximum absolute atomic E-state index is 12.7. The molecule has 332 valence electrons. The molecule has 0 aromatic heterocycles. The van der Waals surface area contributed by atoms with Crippen molar-refractivity contribution in [2.24, 2.45) is 0 Å². The molecule has 0 aromatic rings. The number of carboxylic acid groups (broad SMARTS) is 1. The lowest BCUT2D eigenvalue weighted by molar-refractivity contribution is -0.889. The fourth-order valence-electron chi connectivity index (χ4n) is 5.76. The molecular formula is C51H81NO7. The van der Waals surface area contributed by atoms with E-state index in [4.69, 9.17) is 14.2 Å². The molecule has 0 aliphatic heterocycles. The van der Waals surface area contributed by atoms with Crippen LogP contribution in [0.15, 0.2) is 109 Å². The van der Waals surface area contributed by atoms with Gasteiger partial charge in [0.1, 0.15) is 12.6 Å². The van der Waals surface area contributed by atoms with Gasteiger partial charge in [0.05, 0.1) is 40.3 Å². The molecule has 0 aliphatic carbocycles. The third-order valence-electron chi connectivity index (χ3n) is 9.17. The van der Waals surface area contributed by atoms with Gasteiger partial charge in [-0.05, 0) is 83.5 Å². The summed E-state index contributed by atoms with van der Waals surface area (Å²) in [6.45, 7) is 4.31. The lowest BCUT2D eigenvalue weighted by Crippen LogP contribution is -2.55. The van der Waals surface area contributed by atoms with E-state index in [9.17, 15) is 19.5 Å². The van der Waals surface area contributed by atoms with Crippen molar-refractivity contribution >= 4 is 17.9 Å². The summed E-state index contributed by atoms with van der Waals surface area (Å²) in [5.41, 5.74) is 0. The first-order valence-corrected chi connectivity index (χ1v) is 22.4. The van der Waals surface area contributed by atoms with E-state index in [1.165, 1.54) is 12.8 Å². The largest absolute Gasteiger partial charge is 0.544 e. The molecule has 59 heavy (non-hydrogen) atoms. The smallest absolute Gasteiger partial charge is 0.306 e. The maximum Gasteiger partial charge on any atom is 0.306 e. The molecule has 0 saturated heterocycles. The Bertz CT molecular complexity index is 1330. The highest BCUT2D eigenvalue weighted by atomic mass is 16.6. The highest BCUT2D eigenvalue weighted by Crippen LogP contribution is 2.12. The van der Waals surface area contributed by atoms with Crippen LogP contribution in [0.5, 0.6) is 0 Å². The zero-order valence-corrected chi connectivity index (χ0v) is 37.6. The van der Waals surface area contributed by atoms with Crippen molar-refractivity contribution in [3.05, 3.63) is 109 Å². The number of quaternary nitrogens is 1. The third kappa shape index (κ3) is 39.2. The Morgan fingerprint density at radius 2 is 0.932 bits per heavy atom. The number of allylic oxidation sites excluding steroid dienone is 18. The number of rotatable bonds is 38. The van der Waals surface area contributed by atoms with Gasteiger partial charge in [-0.2, -0.15) is 0 Å². The molecule has 2 atom stereocenters. The molecule has 8 heteroatoms. The van der Waals surface area contributed by atoms with Crippen LogP contribution in [0.4, 0.5) is 0 Å². The number of ether oxygens (including phenoxy) is 3. The van der Waals surface area contributed by atoms with E-state index >= 15 is 0 Å². The second-order valence-electron chi connectivity index (χ2n) is 15.5. The molecule has 0 bridgehead atoms. The number of carbonyl (C=O) groups is 3. The minimum atomic E-state index is -1.14. The molecule has 2 unspecified atom stereocenters. The summed E-state index contributed by atoms with van der Waals surface area (Å²) in [7, 11) is 5.36. The first-order chi connectivity index (χ1) is 28.6. The molecule has 0 spiro atoms. The Morgan fingerprint density at radius 3 is 1.39 bits per heavy atom. The lowest BCUT2D eigenvalue weighted by Gasteiger charge is -2.34. The number of hydrogen-bond donors (Lipinski definition) is 0. The van der Waals surface area contributed by atoms with Crippen LogP contribution in [0, 0.1) is 0 Å². The van der Waals surface area contributed by atoms with Gasteiger partial charge < -0.3 is 28.6 Å². The van der Waals surface area contributed by atoms with Crippen LogP contribution in [0.25, 0.3) is 0 Å². The van der Waals surface area contributed by atoms with Crippen LogP contribution in [-0.4, -0.2) is 75.5 Å². The fraction of sp³-hybridized carbons (Fsp3) is 0.588. The second kappa shape index (κ2) is 40.8. The van der Waals surface area contributed by atoms with Crippen molar-refractivity contribution in [2.75, 3.05) is 41.0 Å². The van der Waals surface area contributed by atoms with Gasteiger partial charge in [-0.3, -0.25) is 9.59 Å². The summed E-state index contributed by atoms with van der Waals surface area (Å²) in [5.74, 6) is -1.88. The van der Waals surface area contributed by atoms with Gasteiger partial charge in [0, 0.05) is 19.3 Å². The van der Waals surface area contributed by atoms with Gasteiger partial charge in [-0.25, -0.2) is 0 Å². The van der Waals surface area contributed by atoms with Gasteiger partial charge in [0.15, 0.2) is 6.10 Å². The average Bonchev–Trinajstić information content (AvgIpc) is 3.19. The molecule has 8 nitrogen and oxygen atoms in total. The SMILES string of the molecule is CC/C=C/C/C=C/C/C=C/C/C=C/C/C=C/C/C=C/CCC(=O)OC(COCCC(C(=O)[O-])[N+](C)(C)C)COC(=O)CCCCCCCC/C=C/C/C=C/C/C=C/CC. The first-order valence-electron chi connectivity index (χ1n) is 22.4. The molecule has 0 rings (SSSR count). The van der Waals surface area contributed by atoms with Crippen LogP contribution >= 0.6 is 0 Å². The average molecular weight is 820 g/mol.